The first-order valence-corrected chi connectivity index (χ1v) is 9.55. The summed E-state index contributed by atoms with van der Waals surface area (Å²) in [5.74, 6) is -0.398. The van der Waals surface area contributed by atoms with Crippen LogP contribution < -0.4 is 5.73 Å². The second kappa shape index (κ2) is 8.18. The molecule has 152 valence electrons. The minimum atomic E-state index is -1.14. The Morgan fingerprint density at radius 1 is 1.36 bits per heavy atom. The van der Waals surface area contributed by atoms with E-state index in [9.17, 15) is 19.5 Å². The van der Waals surface area contributed by atoms with Gasteiger partial charge < -0.3 is 25.4 Å². The van der Waals surface area contributed by atoms with Crippen LogP contribution in [0.4, 0.5) is 4.79 Å². The largest absolute Gasteiger partial charge is 0.436 e. The summed E-state index contributed by atoms with van der Waals surface area (Å²) in [6.07, 6.45) is -0.849. The lowest BCUT2D eigenvalue weighted by Gasteiger charge is -2.43. The van der Waals surface area contributed by atoms with Gasteiger partial charge in [0.15, 0.2) is 6.10 Å². The van der Waals surface area contributed by atoms with Crippen LogP contribution in [-0.2, 0) is 14.3 Å². The summed E-state index contributed by atoms with van der Waals surface area (Å²) in [6, 6.07) is 9.88. The summed E-state index contributed by atoms with van der Waals surface area (Å²) >= 11 is 0. The van der Waals surface area contributed by atoms with E-state index in [0.29, 0.717) is 25.9 Å². The Labute approximate surface area is 164 Å². The fourth-order valence-corrected chi connectivity index (χ4v) is 4.60. The number of likely N-dealkylation sites (tertiary alicyclic amines) is 2. The number of amides is 3. The number of benzene rings is 1. The predicted octanol–water partition coefficient (Wildman–Crippen LogP) is 0.697. The Hall–Kier alpha value is -2.61. The van der Waals surface area contributed by atoms with Gasteiger partial charge in [0.25, 0.3) is 5.91 Å². The molecule has 1 aromatic rings. The lowest BCUT2D eigenvalue weighted by atomic mass is 9.69. The molecule has 0 radical (unpaired) electrons. The van der Waals surface area contributed by atoms with Crippen LogP contribution >= 0.6 is 0 Å². The molecule has 2 fully saturated rings. The van der Waals surface area contributed by atoms with Crippen molar-refractivity contribution in [2.45, 2.75) is 31.3 Å². The van der Waals surface area contributed by atoms with Gasteiger partial charge >= 0.3 is 6.09 Å². The van der Waals surface area contributed by atoms with Gasteiger partial charge in [0.05, 0.1) is 5.41 Å². The van der Waals surface area contributed by atoms with E-state index in [-0.39, 0.29) is 31.4 Å². The molecular formula is C20H27N3O5. The Bertz CT molecular complexity index is 741. The standard InChI is InChI=1S/C20H27N3O5/c1-22-12-15(14-6-3-2-4-7-14)20(18(22)26)9-5-10-23(13-20)17(25)16(8-11-24)28-19(21)27/h2-4,6-7,15-16,24H,5,8-13H2,1H3,(H2,21,27)/t15-,16?,20-/m0/s1. The smallest absolute Gasteiger partial charge is 0.405 e. The molecular weight excluding hydrogens is 362 g/mol. The van der Waals surface area contributed by atoms with E-state index in [4.69, 9.17) is 10.5 Å². The Kier molecular flexibility index (Phi) is 5.88. The summed E-state index contributed by atoms with van der Waals surface area (Å²) in [5.41, 5.74) is 5.46. The van der Waals surface area contributed by atoms with Crippen LogP contribution in [0.1, 0.15) is 30.7 Å². The molecule has 1 spiro atoms. The van der Waals surface area contributed by atoms with Gasteiger partial charge in [-0.05, 0) is 18.4 Å². The molecule has 1 unspecified atom stereocenters. The summed E-state index contributed by atoms with van der Waals surface area (Å²) in [4.78, 5) is 40.6. The first-order valence-electron chi connectivity index (χ1n) is 9.55. The third-order valence-corrected chi connectivity index (χ3v) is 5.86. The quantitative estimate of drug-likeness (QED) is 0.770. The highest BCUT2D eigenvalue weighted by molar-refractivity contribution is 5.89. The third kappa shape index (κ3) is 3.69. The molecule has 3 amide bonds. The molecule has 2 saturated heterocycles. The van der Waals surface area contributed by atoms with Crippen LogP contribution in [0.5, 0.6) is 0 Å². The van der Waals surface area contributed by atoms with Crippen molar-refractivity contribution in [1.82, 2.24) is 9.80 Å². The van der Waals surface area contributed by atoms with Crippen molar-refractivity contribution >= 4 is 17.9 Å². The number of ether oxygens (including phenoxy) is 1. The number of nitrogens with zero attached hydrogens (tertiary/aromatic N) is 2. The van der Waals surface area contributed by atoms with Crippen molar-refractivity contribution in [2.24, 2.45) is 11.1 Å². The Morgan fingerprint density at radius 2 is 2.07 bits per heavy atom. The molecule has 2 aliphatic heterocycles. The van der Waals surface area contributed by atoms with Crippen molar-refractivity contribution in [3.05, 3.63) is 35.9 Å². The summed E-state index contributed by atoms with van der Waals surface area (Å²) in [6.45, 7) is 1.03. The number of likely N-dealkylation sites (N-methyl/N-ethyl adjacent to an activating group) is 1. The van der Waals surface area contributed by atoms with E-state index in [1.807, 2.05) is 30.3 Å². The molecule has 2 heterocycles. The third-order valence-electron chi connectivity index (χ3n) is 5.86. The number of piperidine rings is 1. The van der Waals surface area contributed by atoms with Gasteiger partial charge in [-0.25, -0.2) is 4.79 Å². The Morgan fingerprint density at radius 3 is 2.71 bits per heavy atom. The minimum Gasteiger partial charge on any atom is -0.436 e. The molecule has 8 nitrogen and oxygen atoms in total. The van der Waals surface area contributed by atoms with E-state index in [2.05, 4.69) is 0 Å². The fraction of sp³-hybridized carbons (Fsp3) is 0.550. The summed E-state index contributed by atoms with van der Waals surface area (Å²) in [5, 5.41) is 9.21. The molecule has 28 heavy (non-hydrogen) atoms. The van der Waals surface area contributed by atoms with Gasteiger partial charge in [-0.1, -0.05) is 30.3 Å². The van der Waals surface area contributed by atoms with Crippen LogP contribution in [0, 0.1) is 5.41 Å². The highest BCUT2D eigenvalue weighted by atomic mass is 16.6. The number of hydrogen-bond donors (Lipinski definition) is 2. The minimum absolute atomic E-state index is 0.0184. The number of aliphatic hydroxyl groups excluding tert-OH is 1. The number of carbonyl (C=O) groups is 3. The summed E-state index contributed by atoms with van der Waals surface area (Å²) in [7, 11) is 1.79. The number of rotatable bonds is 5. The first-order chi connectivity index (χ1) is 13.4. The molecule has 2 aliphatic rings. The number of primary amides is 1. The highest BCUT2D eigenvalue weighted by Gasteiger charge is 2.55. The molecule has 1 aromatic carbocycles. The molecule has 3 N–H and O–H groups in total. The van der Waals surface area contributed by atoms with Crippen molar-refractivity contribution in [2.75, 3.05) is 33.3 Å². The SMILES string of the molecule is CN1C[C@@H](c2ccccc2)[C@@]2(CCCN(C(=O)C(CCO)OC(N)=O)C2)C1=O. The van der Waals surface area contributed by atoms with Crippen molar-refractivity contribution in [3.8, 4) is 0 Å². The first kappa shape index (κ1) is 20.1. The van der Waals surface area contributed by atoms with E-state index in [1.165, 1.54) is 0 Å². The highest BCUT2D eigenvalue weighted by Crippen LogP contribution is 2.49. The second-order valence-corrected chi connectivity index (χ2v) is 7.61. The molecule has 0 aromatic heterocycles. The maximum absolute atomic E-state index is 13.1. The monoisotopic (exact) mass is 389 g/mol. The maximum Gasteiger partial charge on any atom is 0.405 e. The number of carbonyl (C=O) groups excluding carboxylic acids is 3. The maximum atomic E-state index is 13.1. The number of nitrogens with two attached hydrogens (primary N) is 1. The lowest BCUT2D eigenvalue weighted by Crippen LogP contribution is -2.54. The average Bonchev–Trinajstić information content (AvgIpc) is 2.92. The van der Waals surface area contributed by atoms with Crippen molar-refractivity contribution in [3.63, 3.8) is 0 Å². The van der Waals surface area contributed by atoms with Gasteiger partial charge in [0, 0.05) is 45.6 Å². The molecule has 3 rings (SSSR count). The van der Waals surface area contributed by atoms with E-state index in [1.54, 1.807) is 16.8 Å². The molecule has 8 heteroatoms. The zero-order valence-electron chi connectivity index (χ0n) is 16.0. The average molecular weight is 389 g/mol. The van der Waals surface area contributed by atoms with E-state index >= 15 is 0 Å². The normalized spacial score (nSPS) is 25.8. The molecule has 3 atom stereocenters. The molecule has 0 saturated carbocycles. The van der Waals surface area contributed by atoms with E-state index in [0.717, 1.165) is 5.56 Å². The van der Waals surface area contributed by atoms with Crippen LogP contribution in [0.25, 0.3) is 0 Å². The van der Waals surface area contributed by atoms with Gasteiger partial charge in [0.1, 0.15) is 0 Å². The predicted molar refractivity (Wildman–Crippen MR) is 101 cm³/mol. The van der Waals surface area contributed by atoms with Gasteiger partial charge in [0.2, 0.25) is 5.91 Å². The zero-order valence-corrected chi connectivity index (χ0v) is 16.0. The molecule has 0 bridgehead atoms. The Balaban J connectivity index is 1.87. The van der Waals surface area contributed by atoms with Crippen LogP contribution in [0.15, 0.2) is 30.3 Å². The van der Waals surface area contributed by atoms with Gasteiger partial charge in [-0.3, -0.25) is 9.59 Å². The van der Waals surface area contributed by atoms with Crippen LogP contribution in [0.2, 0.25) is 0 Å². The fourth-order valence-electron chi connectivity index (χ4n) is 4.60. The summed E-state index contributed by atoms with van der Waals surface area (Å²) < 4.78 is 4.91. The topological polar surface area (TPSA) is 113 Å². The van der Waals surface area contributed by atoms with Crippen molar-refractivity contribution < 1.29 is 24.2 Å². The van der Waals surface area contributed by atoms with Crippen molar-refractivity contribution in [1.29, 1.82) is 0 Å². The van der Waals surface area contributed by atoms with Crippen LogP contribution in [0.3, 0.4) is 0 Å². The van der Waals surface area contributed by atoms with Gasteiger partial charge in [-0.2, -0.15) is 0 Å². The number of hydrogen-bond acceptors (Lipinski definition) is 5. The van der Waals surface area contributed by atoms with Gasteiger partial charge in [-0.15, -0.1) is 0 Å². The second-order valence-electron chi connectivity index (χ2n) is 7.61. The number of aliphatic hydroxyl groups is 1. The molecule has 0 aliphatic carbocycles. The zero-order chi connectivity index (χ0) is 20.3. The van der Waals surface area contributed by atoms with Crippen LogP contribution in [-0.4, -0.2) is 72.2 Å². The lowest BCUT2D eigenvalue weighted by molar-refractivity contribution is -0.149. The van der Waals surface area contributed by atoms with E-state index < -0.39 is 23.5 Å².